The fourth-order valence-electron chi connectivity index (χ4n) is 9.18. The van der Waals surface area contributed by atoms with Crippen molar-refractivity contribution in [1.29, 1.82) is 0 Å². The highest BCUT2D eigenvalue weighted by Crippen LogP contribution is 2.42. The third kappa shape index (κ3) is 4.42. The predicted octanol–water partition coefficient (Wildman–Crippen LogP) is 13.8. The zero-order valence-electron chi connectivity index (χ0n) is 30.9. The third-order valence-corrected chi connectivity index (χ3v) is 11.7. The molecular formula is C52H30N4O2. The van der Waals surface area contributed by atoms with Crippen molar-refractivity contribution in [1.82, 2.24) is 19.1 Å². The van der Waals surface area contributed by atoms with E-state index in [1.54, 1.807) is 0 Å². The minimum absolute atomic E-state index is 0.852. The van der Waals surface area contributed by atoms with E-state index >= 15 is 0 Å². The Hall–Kier alpha value is -7.96. The minimum Gasteiger partial charge on any atom is -0.456 e. The number of hydrogen-bond acceptors (Lipinski definition) is 4. The van der Waals surface area contributed by atoms with Crippen LogP contribution in [-0.4, -0.2) is 19.1 Å². The molecule has 7 aromatic carbocycles. The molecular weight excluding hydrogens is 713 g/mol. The van der Waals surface area contributed by atoms with Gasteiger partial charge in [-0.2, -0.15) is 0 Å². The Labute approximate surface area is 330 Å². The molecule has 6 heterocycles. The average molecular weight is 743 g/mol. The van der Waals surface area contributed by atoms with E-state index in [9.17, 15) is 0 Å². The Bertz CT molecular complexity index is 3820. The molecule has 0 saturated carbocycles. The molecule has 0 unspecified atom stereocenters. The number of para-hydroxylation sites is 4. The monoisotopic (exact) mass is 742 g/mol. The molecule has 13 aromatic rings. The number of nitrogens with zero attached hydrogens (tertiary/aromatic N) is 4. The van der Waals surface area contributed by atoms with Crippen LogP contribution in [0.4, 0.5) is 0 Å². The van der Waals surface area contributed by atoms with Crippen molar-refractivity contribution in [3.8, 4) is 34.2 Å². The van der Waals surface area contributed by atoms with Crippen LogP contribution in [0.3, 0.4) is 0 Å². The highest BCUT2D eigenvalue weighted by molar-refractivity contribution is 6.26. The van der Waals surface area contributed by atoms with Crippen molar-refractivity contribution < 1.29 is 8.83 Å². The SMILES string of the molecule is c1cc(-c2ccc3oc4ccccc4c3c2)nc(-n2c3ccccc3c3c2ccc2c4ccccc4n(-c4cccc(-c5ccc6oc7ccccc7c6c5)n4)c23)c1. The lowest BCUT2D eigenvalue weighted by Crippen LogP contribution is -2.00. The Morgan fingerprint density at radius 3 is 1.45 bits per heavy atom. The summed E-state index contributed by atoms with van der Waals surface area (Å²) in [4.78, 5) is 10.7. The van der Waals surface area contributed by atoms with Crippen molar-refractivity contribution in [2.45, 2.75) is 0 Å². The first-order chi connectivity index (χ1) is 28.7. The maximum absolute atomic E-state index is 6.15. The molecule has 0 spiro atoms. The van der Waals surface area contributed by atoms with Gasteiger partial charge in [0.25, 0.3) is 0 Å². The molecule has 6 nitrogen and oxygen atoms in total. The highest BCUT2D eigenvalue weighted by atomic mass is 16.3. The van der Waals surface area contributed by atoms with Crippen LogP contribution in [0.25, 0.3) is 122 Å². The van der Waals surface area contributed by atoms with Crippen LogP contribution < -0.4 is 0 Å². The Morgan fingerprint density at radius 2 is 0.828 bits per heavy atom. The van der Waals surface area contributed by atoms with Gasteiger partial charge in [-0.1, -0.05) is 91.0 Å². The second-order valence-corrected chi connectivity index (χ2v) is 14.9. The summed E-state index contributed by atoms with van der Waals surface area (Å²) in [5.74, 6) is 1.71. The maximum Gasteiger partial charge on any atom is 0.138 e. The van der Waals surface area contributed by atoms with Crippen molar-refractivity contribution in [3.63, 3.8) is 0 Å². The maximum atomic E-state index is 6.15. The third-order valence-electron chi connectivity index (χ3n) is 11.7. The molecule has 270 valence electrons. The van der Waals surface area contributed by atoms with E-state index in [-0.39, 0.29) is 0 Å². The fraction of sp³-hybridized carbons (Fsp3) is 0. The molecule has 0 aliphatic rings. The number of furan rings is 2. The Morgan fingerprint density at radius 1 is 0.328 bits per heavy atom. The molecule has 6 aromatic heterocycles. The Balaban J connectivity index is 1.03. The van der Waals surface area contributed by atoms with Crippen molar-refractivity contribution in [3.05, 3.63) is 182 Å². The van der Waals surface area contributed by atoms with Crippen molar-refractivity contribution >= 4 is 87.5 Å². The van der Waals surface area contributed by atoms with Crippen LogP contribution in [0.2, 0.25) is 0 Å². The number of fused-ring (bicyclic) bond motifs is 13. The quantitative estimate of drug-likeness (QED) is 0.180. The average Bonchev–Trinajstić information content (AvgIpc) is 4.03. The van der Waals surface area contributed by atoms with Crippen molar-refractivity contribution in [2.24, 2.45) is 0 Å². The van der Waals surface area contributed by atoms with E-state index in [2.05, 4.69) is 167 Å². The van der Waals surface area contributed by atoms with E-state index in [0.29, 0.717) is 0 Å². The lowest BCUT2D eigenvalue weighted by Gasteiger charge is -2.11. The number of rotatable bonds is 4. The Kier molecular flexibility index (Phi) is 6.35. The fourth-order valence-corrected chi connectivity index (χ4v) is 9.18. The van der Waals surface area contributed by atoms with Crippen LogP contribution in [0, 0.1) is 0 Å². The highest BCUT2D eigenvalue weighted by Gasteiger charge is 2.22. The molecule has 0 fully saturated rings. The number of pyridine rings is 2. The van der Waals surface area contributed by atoms with Crippen LogP contribution in [0.5, 0.6) is 0 Å². The molecule has 13 rings (SSSR count). The van der Waals surface area contributed by atoms with E-state index in [1.807, 2.05) is 24.3 Å². The summed E-state index contributed by atoms with van der Waals surface area (Å²) in [6.45, 7) is 0. The lowest BCUT2D eigenvalue weighted by atomic mass is 10.1. The van der Waals surface area contributed by atoms with Crippen LogP contribution in [0.15, 0.2) is 191 Å². The zero-order chi connectivity index (χ0) is 37.9. The number of aromatic nitrogens is 4. The largest absolute Gasteiger partial charge is 0.456 e. The summed E-state index contributed by atoms with van der Waals surface area (Å²) in [5.41, 5.74) is 11.8. The van der Waals surface area contributed by atoms with Gasteiger partial charge in [0.2, 0.25) is 0 Å². The van der Waals surface area contributed by atoms with Crippen LogP contribution in [-0.2, 0) is 0 Å². The van der Waals surface area contributed by atoms with Gasteiger partial charge in [0, 0.05) is 54.2 Å². The van der Waals surface area contributed by atoms with Crippen LogP contribution in [0.1, 0.15) is 0 Å². The lowest BCUT2D eigenvalue weighted by molar-refractivity contribution is 0.668. The van der Waals surface area contributed by atoms with Gasteiger partial charge < -0.3 is 8.83 Å². The standard InChI is InChI=1S/C52H30N4O2/c1-5-17-42-33(11-1)36-25-26-44-51(52(36)56(42)50-22-10-16-41(54-50)32-24-28-48-39(30-32)35-13-4-8-20-46(35)58-48)37-14-2-6-18-43(37)55(44)49-21-9-15-40(53-49)31-23-27-47-38(29-31)34-12-3-7-19-45(34)57-47/h1-30H. The van der Waals surface area contributed by atoms with Gasteiger partial charge in [0.15, 0.2) is 0 Å². The number of hydrogen-bond donors (Lipinski definition) is 0. The van der Waals surface area contributed by atoms with Crippen molar-refractivity contribution in [2.75, 3.05) is 0 Å². The topological polar surface area (TPSA) is 61.9 Å². The summed E-state index contributed by atoms with van der Waals surface area (Å²) in [5, 5.41) is 9.03. The summed E-state index contributed by atoms with van der Waals surface area (Å²) in [6, 6.07) is 63.5. The predicted molar refractivity (Wildman–Crippen MR) is 236 cm³/mol. The van der Waals surface area contributed by atoms with Gasteiger partial charge in [-0.15, -0.1) is 0 Å². The first kappa shape index (κ1) is 31.3. The first-order valence-electron chi connectivity index (χ1n) is 19.5. The smallest absolute Gasteiger partial charge is 0.138 e. The normalized spacial score (nSPS) is 12.1. The molecule has 0 radical (unpaired) electrons. The molecule has 6 heteroatoms. The molecule has 58 heavy (non-hydrogen) atoms. The van der Waals surface area contributed by atoms with E-state index < -0.39 is 0 Å². The minimum atomic E-state index is 0.852. The molecule has 0 aliphatic carbocycles. The van der Waals surface area contributed by atoms with Gasteiger partial charge in [-0.05, 0) is 91.0 Å². The first-order valence-corrected chi connectivity index (χ1v) is 19.5. The summed E-state index contributed by atoms with van der Waals surface area (Å²) in [7, 11) is 0. The van der Waals surface area contributed by atoms with E-state index in [1.165, 1.54) is 10.8 Å². The van der Waals surface area contributed by atoms with Crippen LogP contribution >= 0.6 is 0 Å². The summed E-state index contributed by atoms with van der Waals surface area (Å²) < 4.78 is 16.9. The van der Waals surface area contributed by atoms with Gasteiger partial charge in [-0.25, -0.2) is 9.97 Å². The van der Waals surface area contributed by atoms with Gasteiger partial charge in [0.05, 0.1) is 33.5 Å². The van der Waals surface area contributed by atoms with E-state index in [4.69, 9.17) is 18.8 Å². The number of benzene rings is 7. The molecule has 0 bridgehead atoms. The molecule has 0 amide bonds. The van der Waals surface area contributed by atoms with Gasteiger partial charge in [0.1, 0.15) is 34.0 Å². The molecule has 0 atom stereocenters. The summed E-state index contributed by atoms with van der Waals surface area (Å²) >= 11 is 0. The van der Waals surface area contributed by atoms with Gasteiger partial charge >= 0.3 is 0 Å². The molecule has 0 N–H and O–H groups in total. The van der Waals surface area contributed by atoms with Gasteiger partial charge in [-0.3, -0.25) is 9.13 Å². The summed E-state index contributed by atoms with van der Waals surface area (Å²) in [6.07, 6.45) is 0. The molecule has 0 aliphatic heterocycles. The molecule has 0 saturated heterocycles. The second kappa shape index (κ2) is 11.8. The van der Waals surface area contributed by atoms with E-state index in [0.717, 1.165) is 111 Å². The second-order valence-electron chi connectivity index (χ2n) is 14.9. The zero-order valence-corrected chi connectivity index (χ0v) is 30.9.